The van der Waals surface area contributed by atoms with Crippen LogP contribution in [0.2, 0.25) is 0 Å². The molecule has 4 heteroatoms. The first-order valence-corrected chi connectivity index (χ1v) is 9.67. The molecule has 0 spiro atoms. The van der Waals surface area contributed by atoms with Crippen molar-refractivity contribution in [2.75, 3.05) is 5.88 Å². The Morgan fingerprint density at radius 3 is 2.28 bits per heavy atom. The molecule has 25 heavy (non-hydrogen) atoms. The second-order valence-electron chi connectivity index (χ2n) is 6.85. The molecule has 1 heterocycles. The van der Waals surface area contributed by atoms with E-state index in [-0.39, 0.29) is 11.7 Å². The Labute approximate surface area is 152 Å². The summed E-state index contributed by atoms with van der Waals surface area (Å²) in [6.07, 6.45) is 5.35. The Kier molecular flexibility index (Phi) is 4.67. The Balaban J connectivity index is 1.94. The molecular weight excluding hydrogens is 332 g/mol. The maximum atomic E-state index is 13.4. The molecule has 0 amide bonds. The number of rotatable bonds is 5. The summed E-state index contributed by atoms with van der Waals surface area (Å²) in [6.45, 7) is 0. The summed E-state index contributed by atoms with van der Waals surface area (Å²) in [6, 6.07) is 18.7. The quantitative estimate of drug-likeness (QED) is 0.583. The molecule has 130 valence electrons. The standard InChI is InChI=1S/C21H23ClN2O/c22-15-14-18(16-8-2-1-3-9-16)24-20-13-7-6-12-19(20)23(21(24)25)17-10-4-5-11-17/h1-3,6-9,12-13,17-18H,4-5,10-11,14-15H2/t18-/m1/s1. The molecule has 4 rings (SSSR count). The Morgan fingerprint density at radius 1 is 0.960 bits per heavy atom. The van der Waals surface area contributed by atoms with E-state index in [2.05, 4.69) is 24.3 Å². The van der Waals surface area contributed by atoms with Crippen molar-refractivity contribution in [2.45, 2.75) is 44.2 Å². The third-order valence-corrected chi connectivity index (χ3v) is 5.60. The summed E-state index contributed by atoms with van der Waals surface area (Å²) in [7, 11) is 0. The van der Waals surface area contributed by atoms with Crippen molar-refractivity contribution in [3.63, 3.8) is 0 Å². The van der Waals surface area contributed by atoms with Crippen LogP contribution in [-0.4, -0.2) is 15.0 Å². The van der Waals surface area contributed by atoms with Gasteiger partial charge in [0.05, 0.1) is 17.1 Å². The molecule has 0 N–H and O–H groups in total. The van der Waals surface area contributed by atoms with E-state index in [0.717, 1.165) is 35.9 Å². The monoisotopic (exact) mass is 354 g/mol. The molecule has 1 atom stereocenters. The first-order chi connectivity index (χ1) is 12.3. The summed E-state index contributed by atoms with van der Waals surface area (Å²) >= 11 is 6.11. The number of hydrogen-bond acceptors (Lipinski definition) is 1. The summed E-state index contributed by atoms with van der Waals surface area (Å²) in [5.74, 6) is 0.523. The second-order valence-corrected chi connectivity index (χ2v) is 7.23. The van der Waals surface area contributed by atoms with Crippen LogP contribution >= 0.6 is 11.6 Å². The number of nitrogens with zero attached hydrogens (tertiary/aromatic N) is 2. The van der Waals surface area contributed by atoms with Gasteiger partial charge in [-0.05, 0) is 37.0 Å². The largest absolute Gasteiger partial charge is 0.329 e. The van der Waals surface area contributed by atoms with Gasteiger partial charge < -0.3 is 0 Å². The summed E-state index contributed by atoms with van der Waals surface area (Å²) in [5.41, 5.74) is 3.31. The van der Waals surface area contributed by atoms with E-state index >= 15 is 0 Å². The van der Waals surface area contributed by atoms with E-state index < -0.39 is 0 Å². The lowest BCUT2D eigenvalue weighted by molar-refractivity contribution is 0.482. The third kappa shape index (κ3) is 2.91. The summed E-state index contributed by atoms with van der Waals surface area (Å²) < 4.78 is 4.00. The molecule has 1 aliphatic carbocycles. The van der Waals surface area contributed by atoms with E-state index in [0.29, 0.717) is 11.9 Å². The summed E-state index contributed by atoms with van der Waals surface area (Å²) in [5, 5.41) is 0. The number of benzene rings is 2. The Morgan fingerprint density at radius 2 is 1.60 bits per heavy atom. The zero-order valence-electron chi connectivity index (χ0n) is 14.3. The molecule has 1 aromatic heterocycles. The van der Waals surface area contributed by atoms with Crippen molar-refractivity contribution < 1.29 is 0 Å². The van der Waals surface area contributed by atoms with Gasteiger partial charge in [0.15, 0.2) is 0 Å². The lowest BCUT2D eigenvalue weighted by Gasteiger charge is -2.18. The van der Waals surface area contributed by atoms with E-state index in [1.807, 2.05) is 39.5 Å². The van der Waals surface area contributed by atoms with E-state index in [4.69, 9.17) is 11.6 Å². The maximum Gasteiger partial charge on any atom is 0.329 e. The molecule has 1 fully saturated rings. The smallest absolute Gasteiger partial charge is 0.289 e. The van der Waals surface area contributed by atoms with Crippen molar-refractivity contribution in [3.8, 4) is 0 Å². The average Bonchev–Trinajstić information content (AvgIpc) is 3.26. The van der Waals surface area contributed by atoms with Crippen LogP contribution in [0.1, 0.15) is 49.8 Å². The van der Waals surface area contributed by atoms with Gasteiger partial charge >= 0.3 is 5.69 Å². The molecule has 1 saturated carbocycles. The molecular formula is C21H23ClN2O. The lowest BCUT2D eigenvalue weighted by Crippen LogP contribution is -2.30. The van der Waals surface area contributed by atoms with Crippen molar-refractivity contribution in [1.29, 1.82) is 0 Å². The minimum Gasteiger partial charge on any atom is -0.289 e. The van der Waals surface area contributed by atoms with E-state index in [1.54, 1.807) is 0 Å². The highest BCUT2D eigenvalue weighted by Gasteiger charge is 2.26. The molecule has 0 bridgehead atoms. The number of alkyl halides is 1. The van der Waals surface area contributed by atoms with Crippen LogP contribution in [0.5, 0.6) is 0 Å². The van der Waals surface area contributed by atoms with Gasteiger partial charge in [0, 0.05) is 11.9 Å². The fourth-order valence-corrected chi connectivity index (χ4v) is 4.44. The van der Waals surface area contributed by atoms with Crippen molar-refractivity contribution in [3.05, 3.63) is 70.6 Å². The van der Waals surface area contributed by atoms with Crippen molar-refractivity contribution >= 4 is 22.6 Å². The highest BCUT2D eigenvalue weighted by molar-refractivity contribution is 6.17. The topological polar surface area (TPSA) is 26.9 Å². The SMILES string of the molecule is O=c1n(C2CCCC2)c2ccccc2n1[C@H](CCCl)c1ccccc1. The van der Waals surface area contributed by atoms with Gasteiger partial charge in [0.2, 0.25) is 0 Å². The second kappa shape index (κ2) is 7.09. The fourth-order valence-electron chi connectivity index (χ4n) is 4.23. The van der Waals surface area contributed by atoms with Crippen molar-refractivity contribution in [2.24, 2.45) is 0 Å². The molecule has 3 nitrogen and oxygen atoms in total. The third-order valence-electron chi connectivity index (χ3n) is 5.38. The zero-order valence-corrected chi connectivity index (χ0v) is 15.0. The highest BCUT2D eigenvalue weighted by Crippen LogP contribution is 2.33. The predicted molar refractivity (Wildman–Crippen MR) is 104 cm³/mol. The highest BCUT2D eigenvalue weighted by atomic mass is 35.5. The Bertz CT molecular complexity index is 907. The maximum absolute atomic E-state index is 13.4. The van der Waals surface area contributed by atoms with E-state index in [1.165, 1.54) is 12.8 Å². The molecule has 1 aliphatic rings. The molecule has 0 saturated heterocycles. The van der Waals surface area contributed by atoms with Crippen LogP contribution in [0.15, 0.2) is 59.4 Å². The molecule has 0 radical (unpaired) electrons. The predicted octanol–water partition coefficient (Wildman–Crippen LogP) is 5.14. The minimum atomic E-state index is -0.0289. The normalized spacial score (nSPS) is 16.5. The van der Waals surface area contributed by atoms with Crippen molar-refractivity contribution in [1.82, 2.24) is 9.13 Å². The lowest BCUT2D eigenvalue weighted by atomic mass is 10.0. The molecule has 2 aromatic carbocycles. The van der Waals surface area contributed by atoms with E-state index in [9.17, 15) is 4.79 Å². The first kappa shape index (κ1) is 16.5. The molecule has 3 aromatic rings. The van der Waals surface area contributed by atoms with Gasteiger partial charge in [0.1, 0.15) is 0 Å². The van der Waals surface area contributed by atoms with Crippen LogP contribution in [0.4, 0.5) is 0 Å². The number of para-hydroxylation sites is 2. The number of aromatic nitrogens is 2. The number of fused-ring (bicyclic) bond motifs is 1. The van der Waals surface area contributed by atoms with Gasteiger partial charge in [0.25, 0.3) is 0 Å². The average molecular weight is 355 g/mol. The van der Waals surface area contributed by atoms with Gasteiger partial charge in [-0.25, -0.2) is 4.79 Å². The van der Waals surface area contributed by atoms with Gasteiger partial charge in [-0.3, -0.25) is 9.13 Å². The van der Waals surface area contributed by atoms with Gasteiger partial charge in [-0.1, -0.05) is 55.3 Å². The van der Waals surface area contributed by atoms with Crippen LogP contribution in [0.25, 0.3) is 11.0 Å². The van der Waals surface area contributed by atoms with Crippen LogP contribution in [0.3, 0.4) is 0 Å². The van der Waals surface area contributed by atoms with Gasteiger partial charge in [-0.2, -0.15) is 0 Å². The van der Waals surface area contributed by atoms with Gasteiger partial charge in [-0.15, -0.1) is 11.6 Å². The first-order valence-electron chi connectivity index (χ1n) is 9.13. The zero-order chi connectivity index (χ0) is 17.2. The number of hydrogen-bond donors (Lipinski definition) is 0. The number of imidazole rings is 1. The minimum absolute atomic E-state index is 0.0289. The van der Waals surface area contributed by atoms with Crippen LogP contribution in [-0.2, 0) is 0 Å². The van der Waals surface area contributed by atoms with Crippen LogP contribution in [0, 0.1) is 0 Å². The van der Waals surface area contributed by atoms with Crippen LogP contribution < -0.4 is 5.69 Å². The summed E-state index contributed by atoms with van der Waals surface area (Å²) in [4.78, 5) is 13.4. The fraction of sp³-hybridized carbons (Fsp3) is 0.381. The Hall–Kier alpha value is -2.00. The molecule has 0 aliphatic heterocycles. The molecule has 0 unspecified atom stereocenters. The number of halogens is 1.